The molecule has 0 saturated heterocycles. The molecule has 4 aromatic rings. The highest BCUT2D eigenvalue weighted by Crippen LogP contribution is 2.31. The minimum atomic E-state index is -4.51. The summed E-state index contributed by atoms with van der Waals surface area (Å²) in [6.45, 7) is 2.00. The van der Waals surface area contributed by atoms with Crippen LogP contribution in [0.5, 0.6) is 0 Å². The maximum absolute atomic E-state index is 13.1. The number of thioether (sulfide) groups is 1. The Hall–Kier alpha value is -3.92. The number of halogens is 3. The number of nitrogens with one attached hydrogen (secondary N) is 1. The van der Waals surface area contributed by atoms with Gasteiger partial charge in [-0.3, -0.25) is 9.36 Å². The zero-order valence-electron chi connectivity index (χ0n) is 18.5. The SMILES string of the molecule is Cc1ccc(-c2nnc(SCC(=O)N/N=C/c3ccccc3C(F)(F)F)n2-c2ccccc2)cc1. The molecule has 0 saturated carbocycles. The van der Waals surface area contributed by atoms with E-state index in [0.717, 1.165) is 40.9 Å². The lowest BCUT2D eigenvalue weighted by Crippen LogP contribution is -2.20. The van der Waals surface area contributed by atoms with E-state index >= 15 is 0 Å². The van der Waals surface area contributed by atoms with Crippen molar-refractivity contribution in [2.24, 2.45) is 5.10 Å². The second-order valence-electron chi connectivity index (χ2n) is 7.51. The molecule has 6 nitrogen and oxygen atoms in total. The number of aromatic nitrogens is 3. The van der Waals surface area contributed by atoms with Gasteiger partial charge in [0.25, 0.3) is 5.91 Å². The summed E-state index contributed by atoms with van der Waals surface area (Å²) in [5.74, 6) is 0.0769. The number of carbonyl (C=O) groups excluding carboxylic acids is 1. The van der Waals surface area contributed by atoms with E-state index in [2.05, 4.69) is 20.7 Å². The number of alkyl halides is 3. The van der Waals surface area contributed by atoms with Crippen LogP contribution in [-0.2, 0) is 11.0 Å². The third-order valence-corrected chi connectivity index (χ3v) is 5.88. The molecule has 0 aliphatic heterocycles. The molecule has 1 aromatic heterocycles. The highest BCUT2D eigenvalue weighted by atomic mass is 32.2. The molecule has 1 amide bonds. The number of carbonyl (C=O) groups is 1. The molecule has 35 heavy (non-hydrogen) atoms. The van der Waals surface area contributed by atoms with E-state index in [0.29, 0.717) is 11.0 Å². The summed E-state index contributed by atoms with van der Waals surface area (Å²) in [5, 5.41) is 12.8. The van der Waals surface area contributed by atoms with E-state index in [1.165, 1.54) is 18.2 Å². The molecule has 4 rings (SSSR count). The van der Waals surface area contributed by atoms with Gasteiger partial charge in [0, 0.05) is 16.8 Å². The van der Waals surface area contributed by atoms with Crippen molar-refractivity contribution in [3.05, 3.63) is 95.6 Å². The average Bonchev–Trinajstić information content (AvgIpc) is 3.27. The molecule has 1 heterocycles. The van der Waals surface area contributed by atoms with Gasteiger partial charge in [-0.05, 0) is 25.1 Å². The Kier molecular flexibility index (Phi) is 7.31. The maximum atomic E-state index is 13.1. The van der Waals surface area contributed by atoms with Gasteiger partial charge in [0.2, 0.25) is 0 Å². The number of nitrogens with zero attached hydrogens (tertiary/aromatic N) is 4. The second-order valence-corrected chi connectivity index (χ2v) is 8.45. The third-order valence-electron chi connectivity index (χ3n) is 4.95. The Morgan fingerprint density at radius 3 is 2.40 bits per heavy atom. The van der Waals surface area contributed by atoms with Crippen molar-refractivity contribution in [1.82, 2.24) is 20.2 Å². The van der Waals surface area contributed by atoms with E-state index < -0.39 is 17.6 Å². The van der Waals surface area contributed by atoms with E-state index in [1.54, 1.807) is 0 Å². The summed E-state index contributed by atoms with van der Waals surface area (Å²) in [6, 6.07) is 22.4. The Labute approximate surface area is 203 Å². The fourth-order valence-electron chi connectivity index (χ4n) is 3.27. The molecule has 0 unspecified atom stereocenters. The summed E-state index contributed by atoms with van der Waals surface area (Å²) < 4.78 is 41.1. The first-order valence-corrected chi connectivity index (χ1v) is 11.5. The first kappa shape index (κ1) is 24.2. The summed E-state index contributed by atoms with van der Waals surface area (Å²) in [5.41, 5.74) is 4.12. The van der Waals surface area contributed by atoms with E-state index in [-0.39, 0.29) is 11.3 Å². The summed E-state index contributed by atoms with van der Waals surface area (Å²) >= 11 is 1.15. The fraction of sp³-hybridized carbons (Fsp3) is 0.120. The van der Waals surface area contributed by atoms with Gasteiger partial charge in [0.15, 0.2) is 11.0 Å². The molecule has 0 atom stereocenters. The molecule has 0 aliphatic carbocycles. The predicted octanol–water partition coefficient (Wildman–Crippen LogP) is 5.50. The zero-order chi connectivity index (χ0) is 24.8. The zero-order valence-corrected chi connectivity index (χ0v) is 19.3. The first-order chi connectivity index (χ1) is 16.8. The quantitative estimate of drug-likeness (QED) is 0.209. The predicted molar refractivity (Wildman–Crippen MR) is 129 cm³/mol. The van der Waals surface area contributed by atoms with Gasteiger partial charge >= 0.3 is 6.18 Å². The van der Waals surface area contributed by atoms with Crippen LogP contribution in [0.4, 0.5) is 13.2 Å². The lowest BCUT2D eigenvalue weighted by Gasteiger charge is -2.10. The van der Waals surface area contributed by atoms with Gasteiger partial charge in [-0.2, -0.15) is 18.3 Å². The smallest absolute Gasteiger partial charge is 0.272 e. The number of para-hydroxylation sites is 1. The van der Waals surface area contributed by atoms with Crippen molar-refractivity contribution in [1.29, 1.82) is 0 Å². The van der Waals surface area contributed by atoms with Crippen LogP contribution in [0.3, 0.4) is 0 Å². The van der Waals surface area contributed by atoms with Crippen molar-refractivity contribution >= 4 is 23.9 Å². The van der Waals surface area contributed by atoms with Crippen LogP contribution in [0.2, 0.25) is 0 Å². The number of benzene rings is 3. The van der Waals surface area contributed by atoms with E-state index in [4.69, 9.17) is 0 Å². The van der Waals surface area contributed by atoms with E-state index in [1.807, 2.05) is 66.1 Å². The average molecular weight is 496 g/mol. The van der Waals surface area contributed by atoms with Crippen LogP contribution in [-0.4, -0.2) is 32.6 Å². The topological polar surface area (TPSA) is 72.2 Å². The van der Waals surface area contributed by atoms with Gasteiger partial charge in [-0.25, -0.2) is 5.43 Å². The molecule has 0 bridgehead atoms. The Morgan fingerprint density at radius 1 is 1.00 bits per heavy atom. The Bertz CT molecular complexity index is 1340. The summed E-state index contributed by atoms with van der Waals surface area (Å²) in [4.78, 5) is 12.3. The Morgan fingerprint density at radius 2 is 1.69 bits per heavy atom. The van der Waals surface area contributed by atoms with Gasteiger partial charge < -0.3 is 0 Å². The molecule has 10 heteroatoms. The van der Waals surface area contributed by atoms with Crippen LogP contribution in [0, 0.1) is 6.92 Å². The van der Waals surface area contributed by atoms with Gasteiger partial charge in [-0.15, -0.1) is 10.2 Å². The monoisotopic (exact) mass is 495 g/mol. The normalized spacial score (nSPS) is 11.7. The largest absolute Gasteiger partial charge is 0.417 e. The number of amides is 1. The third kappa shape index (κ3) is 5.96. The molecule has 3 aromatic carbocycles. The molecule has 0 fully saturated rings. The molecule has 0 spiro atoms. The minimum Gasteiger partial charge on any atom is -0.272 e. The van der Waals surface area contributed by atoms with Crippen molar-refractivity contribution in [2.75, 3.05) is 5.75 Å². The molecule has 1 N–H and O–H groups in total. The molecule has 0 aliphatic rings. The summed E-state index contributed by atoms with van der Waals surface area (Å²) in [7, 11) is 0. The number of hydrogen-bond acceptors (Lipinski definition) is 5. The van der Waals surface area contributed by atoms with Gasteiger partial charge in [0.05, 0.1) is 17.5 Å². The lowest BCUT2D eigenvalue weighted by molar-refractivity contribution is -0.137. The van der Waals surface area contributed by atoms with Gasteiger partial charge in [0.1, 0.15) is 0 Å². The number of hydrogen-bond donors (Lipinski definition) is 1. The number of aryl methyl sites for hydroxylation is 1. The molecule has 0 radical (unpaired) electrons. The summed E-state index contributed by atoms with van der Waals surface area (Å²) in [6.07, 6.45) is -3.54. The first-order valence-electron chi connectivity index (χ1n) is 10.5. The van der Waals surface area contributed by atoms with Crippen LogP contribution in [0.15, 0.2) is 89.1 Å². The second kappa shape index (κ2) is 10.6. The van der Waals surface area contributed by atoms with Crippen LogP contribution in [0.1, 0.15) is 16.7 Å². The minimum absolute atomic E-state index is 0.0584. The molecular weight excluding hydrogens is 475 g/mol. The van der Waals surface area contributed by atoms with Crippen molar-refractivity contribution < 1.29 is 18.0 Å². The van der Waals surface area contributed by atoms with Crippen LogP contribution < -0.4 is 5.43 Å². The highest BCUT2D eigenvalue weighted by Gasteiger charge is 2.32. The van der Waals surface area contributed by atoms with Crippen LogP contribution in [0.25, 0.3) is 17.1 Å². The number of hydrazone groups is 1. The van der Waals surface area contributed by atoms with Gasteiger partial charge in [-0.1, -0.05) is 78.0 Å². The lowest BCUT2D eigenvalue weighted by atomic mass is 10.1. The van der Waals surface area contributed by atoms with Crippen molar-refractivity contribution in [2.45, 2.75) is 18.3 Å². The van der Waals surface area contributed by atoms with Crippen LogP contribution >= 0.6 is 11.8 Å². The highest BCUT2D eigenvalue weighted by molar-refractivity contribution is 7.99. The van der Waals surface area contributed by atoms with E-state index in [9.17, 15) is 18.0 Å². The maximum Gasteiger partial charge on any atom is 0.417 e. The fourth-order valence-corrected chi connectivity index (χ4v) is 4.01. The van der Waals surface area contributed by atoms with Crippen molar-refractivity contribution in [3.8, 4) is 17.1 Å². The number of rotatable bonds is 7. The molecule has 178 valence electrons. The Balaban J connectivity index is 1.49. The standard InChI is InChI=1S/C25H20F3N5OS/c1-17-11-13-18(14-12-17)23-31-32-24(33(23)20-8-3-2-4-9-20)35-16-22(34)30-29-15-19-7-5-6-10-21(19)25(26,27)28/h2-15H,16H2,1H3,(H,30,34)/b29-15+. The molecular formula is C25H20F3N5OS. The van der Waals surface area contributed by atoms with Crippen molar-refractivity contribution in [3.63, 3.8) is 0 Å².